The normalized spacial score (nSPS) is 20.9. The van der Waals surface area contributed by atoms with E-state index in [0.29, 0.717) is 0 Å². The van der Waals surface area contributed by atoms with E-state index in [9.17, 15) is 14.0 Å². The van der Waals surface area contributed by atoms with Gasteiger partial charge in [-0.2, -0.15) is 0 Å². The van der Waals surface area contributed by atoms with Gasteiger partial charge in [-0.1, -0.05) is 6.92 Å². The van der Waals surface area contributed by atoms with Crippen molar-refractivity contribution in [3.63, 3.8) is 0 Å². The molecule has 0 aliphatic heterocycles. The molecule has 126 valence electrons. The van der Waals surface area contributed by atoms with E-state index in [4.69, 9.17) is 4.74 Å². The Bertz CT molecular complexity index is 580. The standard InChI is InChI=1S/C18H24FNO3/c1-12-4-6-14(7-5-12)20(3)18(22)11-23-15-8-9-16(13(2)21)17(19)10-15/h8-10,12,14H,4-7,11H2,1-3H3. The van der Waals surface area contributed by atoms with E-state index in [0.717, 1.165) is 37.7 Å². The molecule has 1 aliphatic rings. The largest absolute Gasteiger partial charge is 0.484 e. The Morgan fingerprint density at radius 3 is 2.48 bits per heavy atom. The van der Waals surface area contributed by atoms with Crippen molar-refractivity contribution in [1.29, 1.82) is 0 Å². The number of carbonyl (C=O) groups excluding carboxylic acids is 2. The van der Waals surface area contributed by atoms with Crippen LogP contribution >= 0.6 is 0 Å². The van der Waals surface area contributed by atoms with E-state index in [1.165, 1.54) is 19.1 Å². The van der Waals surface area contributed by atoms with Gasteiger partial charge >= 0.3 is 0 Å². The molecule has 1 saturated carbocycles. The molecule has 1 aromatic carbocycles. The topological polar surface area (TPSA) is 46.6 Å². The fourth-order valence-electron chi connectivity index (χ4n) is 2.95. The van der Waals surface area contributed by atoms with Crippen molar-refractivity contribution in [1.82, 2.24) is 4.90 Å². The molecule has 0 unspecified atom stereocenters. The number of carbonyl (C=O) groups is 2. The van der Waals surface area contributed by atoms with Crippen LogP contribution in [0.25, 0.3) is 0 Å². The number of Topliss-reactive ketones (excluding diaryl/α,β-unsaturated/α-hetero) is 1. The third-order valence-electron chi connectivity index (χ3n) is 4.61. The Labute approximate surface area is 136 Å². The van der Waals surface area contributed by atoms with E-state index in [2.05, 4.69) is 6.92 Å². The summed E-state index contributed by atoms with van der Waals surface area (Å²) in [5.74, 6) is -0.0886. The van der Waals surface area contributed by atoms with Gasteiger partial charge in [-0.05, 0) is 50.7 Å². The average Bonchev–Trinajstić information content (AvgIpc) is 2.52. The molecule has 1 fully saturated rings. The summed E-state index contributed by atoms with van der Waals surface area (Å²) in [6.45, 7) is 3.42. The van der Waals surface area contributed by atoms with Gasteiger partial charge in [-0.3, -0.25) is 9.59 Å². The van der Waals surface area contributed by atoms with Gasteiger partial charge in [0.25, 0.3) is 5.91 Å². The quantitative estimate of drug-likeness (QED) is 0.781. The first-order valence-electron chi connectivity index (χ1n) is 8.07. The van der Waals surface area contributed by atoms with Gasteiger partial charge in [0.15, 0.2) is 12.4 Å². The van der Waals surface area contributed by atoms with Crippen LogP contribution in [0.15, 0.2) is 18.2 Å². The lowest BCUT2D eigenvalue weighted by atomic mass is 9.87. The fourth-order valence-corrected chi connectivity index (χ4v) is 2.95. The fraction of sp³-hybridized carbons (Fsp3) is 0.556. The van der Waals surface area contributed by atoms with Crippen molar-refractivity contribution in [3.05, 3.63) is 29.6 Å². The molecule has 1 aromatic rings. The second-order valence-electron chi connectivity index (χ2n) is 6.40. The summed E-state index contributed by atoms with van der Waals surface area (Å²) in [4.78, 5) is 25.1. The SMILES string of the molecule is CC(=O)c1ccc(OCC(=O)N(C)C2CCC(C)CC2)cc1F. The molecule has 0 saturated heterocycles. The van der Waals surface area contributed by atoms with Crippen LogP contribution in [-0.4, -0.2) is 36.3 Å². The van der Waals surface area contributed by atoms with Gasteiger partial charge in [0, 0.05) is 19.2 Å². The Morgan fingerprint density at radius 2 is 1.91 bits per heavy atom. The number of halogens is 1. The summed E-state index contributed by atoms with van der Waals surface area (Å²) >= 11 is 0. The Hall–Kier alpha value is -1.91. The Kier molecular flexibility index (Phi) is 5.74. The maximum atomic E-state index is 13.7. The zero-order chi connectivity index (χ0) is 17.0. The lowest BCUT2D eigenvalue weighted by Gasteiger charge is -2.33. The van der Waals surface area contributed by atoms with Gasteiger partial charge in [0.05, 0.1) is 5.56 Å². The second-order valence-corrected chi connectivity index (χ2v) is 6.40. The molecule has 2 rings (SSSR count). The van der Waals surface area contributed by atoms with Crippen LogP contribution < -0.4 is 4.74 Å². The van der Waals surface area contributed by atoms with E-state index in [-0.39, 0.29) is 35.7 Å². The van der Waals surface area contributed by atoms with E-state index in [1.807, 2.05) is 0 Å². The number of amides is 1. The molecule has 0 radical (unpaired) electrons. The van der Waals surface area contributed by atoms with E-state index in [1.54, 1.807) is 11.9 Å². The van der Waals surface area contributed by atoms with Gasteiger partial charge in [-0.25, -0.2) is 4.39 Å². The van der Waals surface area contributed by atoms with Crippen LogP contribution in [0.1, 0.15) is 49.9 Å². The van der Waals surface area contributed by atoms with Crippen molar-refractivity contribution in [2.24, 2.45) is 5.92 Å². The summed E-state index contributed by atoms with van der Waals surface area (Å²) in [6, 6.07) is 4.30. The summed E-state index contributed by atoms with van der Waals surface area (Å²) in [5.41, 5.74) is 0.0251. The highest BCUT2D eigenvalue weighted by molar-refractivity contribution is 5.94. The van der Waals surface area contributed by atoms with Crippen LogP contribution in [0, 0.1) is 11.7 Å². The summed E-state index contributed by atoms with van der Waals surface area (Å²) in [6.07, 6.45) is 4.32. The highest BCUT2D eigenvalue weighted by Gasteiger charge is 2.25. The number of ketones is 1. The number of hydrogen-bond donors (Lipinski definition) is 0. The number of nitrogens with zero attached hydrogens (tertiary/aromatic N) is 1. The Balaban J connectivity index is 1.88. The van der Waals surface area contributed by atoms with E-state index >= 15 is 0 Å². The monoisotopic (exact) mass is 321 g/mol. The van der Waals surface area contributed by atoms with Crippen molar-refractivity contribution in [2.75, 3.05) is 13.7 Å². The average molecular weight is 321 g/mol. The van der Waals surface area contributed by atoms with Gasteiger partial charge in [0.1, 0.15) is 11.6 Å². The van der Waals surface area contributed by atoms with E-state index < -0.39 is 5.82 Å². The minimum Gasteiger partial charge on any atom is -0.484 e. The number of rotatable bonds is 5. The van der Waals surface area contributed by atoms with Crippen LogP contribution in [0.4, 0.5) is 4.39 Å². The molecule has 0 heterocycles. The first-order chi connectivity index (χ1) is 10.9. The Morgan fingerprint density at radius 1 is 1.26 bits per heavy atom. The van der Waals surface area contributed by atoms with Crippen molar-refractivity contribution in [2.45, 2.75) is 45.6 Å². The smallest absolute Gasteiger partial charge is 0.260 e. The molecule has 0 spiro atoms. The van der Waals surface area contributed by atoms with Gasteiger partial charge < -0.3 is 9.64 Å². The third kappa shape index (κ3) is 4.53. The first kappa shape index (κ1) is 17.4. The maximum Gasteiger partial charge on any atom is 0.260 e. The number of likely N-dealkylation sites (N-methyl/N-ethyl adjacent to an activating group) is 1. The maximum absolute atomic E-state index is 13.7. The molecule has 0 N–H and O–H groups in total. The molecule has 0 bridgehead atoms. The van der Waals surface area contributed by atoms with Crippen molar-refractivity contribution in [3.8, 4) is 5.75 Å². The predicted molar refractivity (Wildman–Crippen MR) is 86.1 cm³/mol. The van der Waals surface area contributed by atoms with Crippen LogP contribution in [0.2, 0.25) is 0 Å². The molecule has 4 nitrogen and oxygen atoms in total. The van der Waals surface area contributed by atoms with Crippen LogP contribution in [0.3, 0.4) is 0 Å². The highest BCUT2D eigenvalue weighted by Crippen LogP contribution is 2.26. The molecule has 1 amide bonds. The molecular weight excluding hydrogens is 297 g/mol. The summed E-state index contributed by atoms with van der Waals surface area (Å²) in [5, 5.41) is 0. The minimum atomic E-state index is -0.628. The van der Waals surface area contributed by atoms with Gasteiger partial charge in [-0.15, -0.1) is 0 Å². The molecule has 1 aliphatic carbocycles. The number of hydrogen-bond acceptors (Lipinski definition) is 3. The predicted octanol–water partition coefficient (Wildman–Crippen LogP) is 3.44. The second kappa shape index (κ2) is 7.57. The molecule has 0 aromatic heterocycles. The summed E-state index contributed by atoms with van der Waals surface area (Å²) in [7, 11) is 1.80. The zero-order valence-corrected chi connectivity index (χ0v) is 14.0. The molecule has 0 atom stereocenters. The lowest BCUT2D eigenvalue weighted by Crippen LogP contribution is -2.41. The lowest BCUT2D eigenvalue weighted by molar-refractivity contribution is -0.134. The first-order valence-corrected chi connectivity index (χ1v) is 8.07. The highest BCUT2D eigenvalue weighted by atomic mass is 19.1. The van der Waals surface area contributed by atoms with Crippen molar-refractivity contribution >= 4 is 11.7 Å². The minimum absolute atomic E-state index is 0.0251. The van der Waals surface area contributed by atoms with Crippen LogP contribution in [0.5, 0.6) is 5.75 Å². The molecular formula is C18H24FNO3. The molecule has 5 heteroatoms. The summed E-state index contributed by atoms with van der Waals surface area (Å²) < 4.78 is 19.1. The van der Waals surface area contributed by atoms with Gasteiger partial charge in [0.2, 0.25) is 0 Å². The third-order valence-corrected chi connectivity index (χ3v) is 4.61. The zero-order valence-electron chi connectivity index (χ0n) is 14.0. The number of benzene rings is 1. The van der Waals surface area contributed by atoms with Crippen molar-refractivity contribution < 1.29 is 18.7 Å². The number of ether oxygens (including phenoxy) is 1. The van der Waals surface area contributed by atoms with Crippen LogP contribution in [-0.2, 0) is 4.79 Å². The molecule has 23 heavy (non-hydrogen) atoms.